The molecule has 4 nitrogen and oxygen atoms in total. The molecule has 0 radical (unpaired) electrons. The zero-order chi connectivity index (χ0) is 15.3. The van der Waals surface area contributed by atoms with Crippen molar-refractivity contribution in [1.29, 1.82) is 0 Å². The number of benzene rings is 1. The third-order valence-electron chi connectivity index (χ3n) is 2.23. The summed E-state index contributed by atoms with van der Waals surface area (Å²) in [5.41, 5.74) is 0.382. The molecule has 0 aliphatic heterocycles. The molecule has 1 aromatic carbocycles. The van der Waals surface area contributed by atoms with Gasteiger partial charge in [-0.3, -0.25) is 4.79 Å². The fourth-order valence-corrected chi connectivity index (χ4v) is 1.84. The first-order valence-corrected chi connectivity index (χ1v) is 7.37. The Bertz CT molecular complexity index is 483. The minimum Gasteiger partial charge on any atom is -0.459 e. The number of carbonyl (C=O) groups excluding carboxylic acids is 1. The molecule has 1 N–H and O–H groups in total. The molecule has 0 atom stereocenters. The van der Waals surface area contributed by atoms with Crippen molar-refractivity contribution in [3.8, 4) is 0 Å². The lowest BCUT2D eigenvalue weighted by molar-refractivity contribution is -0.154. The van der Waals surface area contributed by atoms with Crippen LogP contribution < -0.4 is 5.32 Å². The molecule has 0 spiro atoms. The van der Waals surface area contributed by atoms with E-state index in [0.717, 1.165) is 10.2 Å². The lowest BCUT2D eigenvalue weighted by Crippen LogP contribution is -2.38. The highest BCUT2D eigenvalue weighted by Crippen LogP contribution is 2.14. The minimum absolute atomic E-state index is 0.111. The maximum Gasteiger partial charge on any atom is 0.326 e. The van der Waals surface area contributed by atoms with Crippen LogP contribution in [0.5, 0.6) is 0 Å². The second kappa shape index (κ2) is 7.04. The van der Waals surface area contributed by atoms with Crippen molar-refractivity contribution >= 4 is 44.9 Å². The first kappa shape index (κ1) is 16.9. The molecule has 20 heavy (non-hydrogen) atoms. The number of rotatable bonds is 3. The van der Waals surface area contributed by atoms with Gasteiger partial charge >= 0.3 is 5.97 Å². The van der Waals surface area contributed by atoms with Crippen molar-refractivity contribution in [2.75, 3.05) is 18.9 Å². The molecule has 0 aliphatic rings. The zero-order valence-corrected chi connectivity index (χ0v) is 14.5. The molecule has 0 aromatic heterocycles. The van der Waals surface area contributed by atoms with Gasteiger partial charge < -0.3 is 15.0 Å². The smallest absolute Gasteiger partial charge is 0.326 e. The molecule has 0 aliphatic carbocycles. The van der Waals surface area contributed by atoms with E-state index in [-0.39, 0.29) is 12.5 Å². The Hall–Kier alpha value is -1.14. The van der Waals surface area contributed by atoms with Gasteiger partial charge in [0.2, 0.25) is 0 Å². The van der Waals surface area contributed by atoms with E-state index in [4.69, 9.17) is 17.0 Å². The van der Waals surface area contributed by atoms with Gasteiger partial charge in [0.15, 0.2) is 5.11 Å². The van der Waals surface area contributed by atoms with Crippen molar-refractivity contribution in [2.45, 2.75) is 26.4 Å². The highest BCUT2D eigenvalue weighted by atomic mass is 79.9. The summed E-state index contributed by atoms with van der Waals surface area (Å²) in [6, 6.07) is 7.63. The molecule has 1 aromatic rings. The van der Waals surface area contributed by atoms with Crippen LogP contribution in [0.3, 0.4) is 0 Å². The van der Waals surface area contributed by atoms with E-state index >= 15 is 0 Å². The van der Waals surface area contributed by atoms with Crippen molar-refractivity contribution < 1.29 is 9.53 Å². The molecule has 0 heterocycles. The molecular weight excluding hydrogens is 340 g/mol. The summed E-state index contributed by atoms with van der Waals surface area (Å²) < 4.78 is 6.25. The summed E-state index contributed by atoms with van der Waals surface area (Å²) in [4.78, 5) is 13.4. The number of thiocarbonyl (C=S) groups is 1. The number of halogens is 1. The van der Waals surface area contributed by atoms with Crippen molar-refractivity contribution in [3.63, 3.8) is 0 Å². The molecule has 0 saturated carbocycles. The van der Waals surface area contributed by atoms with Crippen LogP contribution in [0.15, 0.2) is 28.7 Å². The van der Waals surface area contributed by atoms with Crippen LogP contribution in [0.1, 0.15) is 20.8 Å². The third-order valence-corrected chi connectivity index (χ3v) is 3.17. The lowest BCUT2D eigenvalue weighted by atomic mass is 10.2. The van der Waals surface area contributed by atoms with E-state index in [0.29, 0.717) is 5.11 Å². The van der Waals surface area contributed by atoms with Crippen LogP contribution >= 0.6 is 28.1 Å². The number of hydrogen-bond donors (Lipinski definition) is 1. The summed E-state index contributed by atoms with van der Waals surface area (Å²) >= 11 is 8.62. The maximum absolute atomic E-state index is 11.7. The fourth-order valence-electron chi connectivity index (χ4n) is 1.39. The van der Waals surface area contributed by atoms with Gasteiger partial charge in [-0.25, -0.2) is 0 Å². The quantitative estimate of drug-likeness (QED) is 0.662. The van der Waals surface area contributed by atoms with E-state index in [1.54, 1.807) is 11.9 Å². The number of esters is 1. The van der Waals surface area contributed by atoms with Gasteiger partial charge in [-0.2, -0.15) is 0 Å². The summed E-state index contributed by atoms with van der Waals surface area (Å²) in [7, 11) is 1.75. The molecule has 110 valence electrons. The summed E-state index contributed by atoms with van der Waals surface area (Å²) in [5, 5.41) is 3.54. The third kappa shape index (κ3) is 6.34. The van der Waals surface area contributed by atoms with E-state index in [1.807, 2.05) is 45.0 Å². The maximum atomic E-state index is 11.7. The first-order chi connectivity index (χ1) is 9.17. The molecule has 0 bridgehead atoms. The van der Waals surface area contributed by atoms with Crippen LogP contribution in [0, 0.1) is 0 Å². The Kier molecular flexibility index (Phi) is 5.95. The molecule has 0 fully saturated rings. The van der Waals surface area contributed by atoms with Gasteiger partial charge in [-0.1, -0.05) is 15.9 Å². The second-order valence-electron chi connectivity index (χ2n) is 5.38. The van der Waals surface area contributed by atoms with E-state index in [9.17, 15) is 4.79 Å². The standard InChI is InChI=1S/C14H19BrN2O2S/c1-14(2,3)19-12(18)9-17(4)13(20)16-11-7-5-10(15)6-8-11/h5-8H,9H2,1-4H3,(H,16,20). The SMILES string of the molecule is CN(CC(=O)OC(C)(C)C)C(=S)Nc1ccc(Br)cc1. The summed E-state index contributed by atoms with van der Waals surface area (Å²) in [6.07, 6.45) is 0. The highest BCUT2D eigenvalue weighted by molar-refractivity contribution is 9.10. The van der Waals surface area contributed by atoms with Gasteiger partial charge in [-0.05, 0) is 57.3 Å². The number of carbonyl (C=O) groups is 1. The normalized spacial score (nSPS) is 10.8. The number of anilines is 1. The highest BCUT2D eigenvalue weighted by Gasteiger charge is 2.18. The predicted molar refractivity (Wildman–Crippen MR) is 88.8 cm³/mol. The predicted octanol–water partition coefficient (Wildman–Crippen LogP) is 3.42. The number of nitrogens with zero attached hydrogens (tertiary/aromatic N) is 1. The monoisotopic (exact) mass is 358 g/mol. The Labute approximate surface area is 133 Å². The lowest BCUT2D eigenvalue weighted by Gasteiger charge is -2.24. The van der Waals surface area contributed by atoms with Crippen LogP contribution in [-0.2, 0) is 9.53 Å². The molecule has 1 rings (SSSR count). The number of likely N-dealkylation sites (N-methyl/N-ethyl adjacent to an activating group) is 1. The van der Waals surface area contributed by atoms with E-state index in [1.165, 1.54) is 0 Å². The van der Waals surface area contributed by atoms with Gasteiger partial charge in [0.25, 0.3) is 0 Å². The van der Waals surface area contributed by atoms with Gasteiger partial charge in [-0.15, -0.1) is 0 Å². The molecule has 0 unspecified atom stereocenters. The van der Waals surface area contributed by atoms with Crippen LogP contribution in [-0.4, -0.2) is 35.2 Å². The Morgan fingerprint density at radius 2 is 1.90 bits per heavy atom. The topological polar surface area (TPSA) is 41.6 Å². The van der Waals surface area contributed by atoms with Crippen LogP contribution in [0.2, 0.25) is 0 Å². The van der Waals surface area contributed by atoms with Crippen molar-refractivity contribution in [2.24, 2.45) is 0 Å². The first-order valence-electron chi connectivity index (χ1n) is 6.17. The minimum atomic E-state index is -0.487. The van der Waals surface area contributed by atoms with Crippen LogP contribution in [0.25, 0.3) is 0 Å². The molecule has 6 heteroatoms. The van der Waals surface area contributed by atoms with Gasteiger partial charge in [0.05, 0.1) is 0 Å². The summed E-state index contributed by atoms with van der Waals surface area (Å²) in [5.74, 6) is -0.306. The van der Waals surface area contributed by atoms with Gasteiger partial charge in [0.1, 0.15) is 12.1 Å². The van der Waals surface area contributed by atoms with Crippen molar-refractivity contribution in [3.05, 3.63) is 28.7 Å². The Morgan fingerprint density at radius 3 is 2.40 bits per heavy atom. The average molecular weight is 359 g/mol. The Morgan fingerprint density at radius 1 is 1.35 bits per heavy atom. The average Bonchev–Trinajstić information content (AvgIpc) is 2.29. The largest absolute Gasteiger partial charge is 0.459 e. The number of nitrogens with one attached hydrogen (secondary N) is 1. The Balaban J connectivity index is 2.51. The van der Waals surface area contributed by atoms with Crippen molar-refractivity contribution in [1.82, 2.24) is 4.90 Å². The van der Waals surface area contributed by atoms with E-state index < -0.39 is 5.60 Å². The number of ether oxygens (including phenoxy) is 1. The molecule has 0 amide bonds. The number of hydrogen-bond acceptors (Lipinski definition) is 3. The molecular formula is C14H19BrN2O2S. The van der Waals surface area contributed by atoms with E-state index in [2.05, 4.69) is 21.2 Å². The van der Waals surface area contributed by atoms with Gasteiger partial charge in [0, 0.05) is 17.2 Å². The summed E-state index contributed by atoms with van der Waals surface area (Å²) in [6.45, 7) is 5.62. The zero-order valence-electron chi connectivity index (χ0n) is 12.1. The second-order valence-corrected chi connectivity index (χ2v) is 6.68. The fraction of sp³-hybridized carbons (Fsp3) is 0.429. The molecule has 0 saturated heterocycles. The van der Waals surface area contributed by atoms with Crippen LogP contribution in [0.4, 0.5) is 5.69 Å².